The average Bonchev–Trinajstić information content (AvgIpc) is 2.52. The van der Waals surface area contributed by atoms with Gasteiger partial charge < -0.3 is 10.0 Å². The third-order valence-electron chi connectivity index (χ3n) is 2.18. The van der Waals surface area contributed by atoms with Gasteiger partial charge in [0, 0.05) is 13.0 Å². The molecule has 4 heteroatoms. The van der Waals surface area contributed by atoms with E-state index >= 15 is 0 Å². The molecule has 1 N–H and O–H groups in total. The summed E-state index contributed by atoms with van der Waals surface area (Å²) in [6.07, 6.45) is 3.07. The quantitative estimate of drug-likeness (QED) is 0.653. The predicted molar refractivity (Wildman–Crippen MR) is 47.2 cm³/mol. The van der Waals surface area contributed by atoms with Crippen molar-refractivity contribution in [2.45, 2.75) is 25.3 Å². The summed E-state index contributed by atoms with van der Waals surface area (Å²) in [5.41, 5.74) is 0. The Labute approximate surface area is 76.8 Å². The van der Waals surface area contributed by atoms with E-state index in [4.69, 9.17) is 5.11 Å². The molecule has 0 aromatic heterocycles. The van der Waals surface area contributed by atoms with Gasteiger partial charge in [0.2, 0.25) is 5.91 Å². The number of amides is 1. The molecular weight excluding hydrogens is 170 g/mol. The first kappa shape index (κ1) is 9.77. The third-order valence-corrected chi connectivity index (χ3v) is 2.18. The van der Waals surface area contributed by atoms with Crippen molar-refractivity contribution in [3.63, 3.8) is 0 Å². The highest BCUT2D eigenvalue weighted by atomic mass is 16.4. The summed E-state index contributed by atoms with van der Waals surface area (Å²) in [4.78, 5) is 23.5. The second-order valence-electron chi connectivity index (χ2n) is 3.08. The van der Waals surface area contributed by atoms with Crippen LogP contribution in [0.5, 0.6) is 0 Å². The van der Waals surface area contributed by atoms with E-state index in [0.29, 0.717) is 13.0 Å². The van der Waals surface area contributed by atoms with Crippen LogP contribution in [0, 0.1) is 0 Å². The number of carbonyl (C=O) groups is 2. The molecule has 1 heterocycles. The third kappa shape index (κ3) is 2.08. The summed E-state index contributed by atoms with van der Waals surface area (Å²) >= 11 is 0. The maximum absolute atomic E-state index is 11.4. The summed E-state index contributed by atoms with van der Waals surface area (Å²) in [5.74, 6) is -1.05. The normalized spacial score (nSPS) is 21.5. The molecule has 1 aliphatic heterocycles. The summed E-state index contributed by atoms with van der Waals surface area (Å²) in [7, 11) is 0. The Morgan fingerprint density at radius 2 is 2.31 bits per heavy atom. The molecule has 1 saturated heterocycles. The van der Waals surface area contributed by atoms with Gasteiger partial charge in [-0.15, -0.1) is 6.58 Å². The van der Waals surface area contributed by atoms with E-state index in [0.717, 1.165) is 6.42 Å². The van der Waals surface area contributed by atoms with Crippen LogP contribution in [-0.2, 0) is 9.59 Å². The van der Waals surface area contributed by atoms with Crippen molar-refractivity contribution in [3.8, 4) is 0 Å². The van der Waals surface area contributed by atoms with Crippen LogP contribution in [0.4, 0.5) is 0 Å². The van der Waals surface area contributed by atoms with E-state index in [9.17, 15) is 9.59 Å². The molecule has 0 aromatic rings. The van der Waals surface area contributed by atoms with Gasteiger partial charge in [-0.1, -0.05) is 6.08 Å². The van der Waals surface area contributed by atoms with Gasteiger partial charge in [-0.3, -0.25) is 4.79 Å². The molecule has 0 aromatic carbocycles. The standard InChI is InChI=1S/C9H13NO3/c1-2-4-8(11)10-6-3-5-7(10)9(12)13/h2,7H,1,3-6H2,(H,12,13). The van der Waals surface area contributed by atoms with E-state index in [1.54, 1.807) is 0 Å². The van der Waals surface area contributed by atoms with E-state index in [2.05, 4.69) is 6.58 Å². The monoisotopic (exact) mass is 183 g/mol. The fraction of sp³-hybridized carbons (Fsp3) is 0.556. The molecule has 4 nitrogen and oxygen atoms in total. The number of nitrogens with zero attached hydrogens (tertiary/aromatic N) is 1. The lowest BCUT2D eigenvalue weighted by Gasteiger charge is -2.20. The number of hydrogen-bond donors (Lipinski definition) is 1. The Hall–Kier alpha value is -1.32. The molecule has 1 rings (SSSR count). The minimum atomic E-state index is -0.907. The van der Waals surface area contributed by atoms with Crippen molar-refractivity contribution < 1.29 is 14.7 Å². The van der Waals surface area contributed by atoms with Crippen LogP contribution in [0.25, 0.3) is 0 Å². The summed E-state index contributed by atoms with van der Waals surface area (Å²) in [5, 5.41) is 8.78. The lowest BCUT2D eigenvalue weighted by Crippen LogP contribution is -2.40. The molecule has 1 atom stereocenters. The average molecular weight is 183 g/mol. The summed E-state index contributed by atoms with van der Waals surface area (Å²) in [6.45, 7) is 4.01. The molecule has 0 radical (unpaired) electrons. The fourth-order valence-electron chi connectivity index (χ4n) is 1.56. The van der Waals surface area contributed by atoms with Crippen LogP contribution in [-0.4, -0.2) is 34.5 Å². The fourth-order valence-corrected chi connectivity index (χ4v) is 1.56. The SMILES string of the molecule is C=CCC(=O)N1CCCC1C(=O)O. The maximum Gasteiger partial charge on any atom is 0.326 e. The van der Waals surface area contributed by atoms with E-state index < -0.39 is 12.0 Å². The summed E-state index contributed by atoms with van der Waals surface area (Å²) < 4.78 is 0. The van der Waals surface area contributed by atoms with Crippen LogP contribution in [0.3, 0.4) is 0 Å². The smallest absolute Gasteiger partial charge is 0.326 e. The molecule has 0 saturated carbocycles. The highest BCUT2D eigenvalue weighted by Gasteiger charge is 2.32. The Morgan fingerprint density at radius 1 is 1.62 bits per heavy atom. The van der Waals surface area contributed by atoms with Gasteiger partial charge in [0.15, 0.2) is 0 Å². The zero-order chi connectivity index (χ0) is 9.84. The molecule has 0 spiro atoms. The predicted octanol–water partition coefficient (Wildman–Crippen LogP) is 0.638. The van der Waals surface area contributed by atoms with E-state index in [1.165, 1.54) is 11.0 Å². The topological polar surface area (TPSA) is 57.6 Å². The first-order chi connectivity index (χ1) is 6.16. The van der Waals surface area contributed by atoms with Crippen molar-refractivity contribution in [2.75, 3.05) is 6.54 Å². The van der Waals surface area contributed by atoms with Crippen LogP contribution in [0.15, 0.2) is 12.7 Å². The van der Waals surface area contributed by atoms with Crippen molar-refractivity contribution in [3.05, 3.63) is 12.7 Å². The lowest BCUT2D eigenvalue weighted by atomic mass is 10.2. The van der Waals surface area contributed by atoms with Gasteiger partial charge in [-0.05, 0) is 12.8 Å². The number of carboxylic acid groups (broad SMARTS) is 1. The van der Waals surface area contributed by atoms with E-state index in [-0.39, 0.29) is 12.3 Å². The van der Waals surface area contributed by atoms with Crippen molar-refractivity contribution in [1.82, 2.24) is 4.90 Å². The number of rotatable bonds is 3. The molecular formula is C9H13NO3. The molecule has 1 aliphatic rings. The second kappa shape index (κ2) is 4.07. The van der Waals surface area contributed by atoms with Gasteiger partial charge in [0.05, 0.1) is 0 Å². The highest BCUT2D eigenvalue weighted by molar-refractivity contribution is 5.84. The summed E-state index contributed by atoms with van der Waals surface area (Å²) in [6, 6.07) is -0.618. The van der Waals surface area contributed by atoms with Gasteiger partial charge in [0.1, 0.15) is 6.04 Å². The maximum atomic E-state index is 11.4. The Kier molecular flexibility index (Phi) is 3.06. The number of carboxylic acids is 1. The number of hydrogen-bond acceptors (Lipinski definition) is 2. The second-order valence-corrected chi connectivity index (χ2v) is 3.08. The van der Waals surface area contributed by atoms with E-state index in [1.807, 2.05) is 0 Å². The molecule has 1 amide bonds. The molecule has 1 fully saturated rings. The molecule has 72 valence electrons. The first-order valence-electron chi connectivity index (χ1n) is 4.30. The largest absolute Gasteiger partial charge is 0.480 e. The first-order valence-corrected chi connectivity index (χ1v) is 4.30. The van der Waals surface area contributed by atoms with Gasteiger partial charge in [0.25, 0.3) is 0 Å². The number of aliphatic carboxylic acids is 1. The molecule has 0 aliphatic carbocycles. The van der Waals surface area contributed by atoms with Crippen molar-refractivity contribution in [2.24, 2.45) is 0 Å². The molecule has 13 heavy (non-hydrogen) atoms. The van der Waals surface area contributed by atoms with Gasteiger partial charge in [-0.25, -0.2) is 4.79 Å². The van der Waals surface area contributed by atoms with Crippen LogP contribution in [0.2, 0.25) is 0 Å². The van der Waals surface area contributed by atoms with Crippen molar-refractivity contribution in [1.29, 1.82) is 0 Å². The Morgan fingerprint density at radius 3 is 2.85 bits per heavy atom. The minimum Gasteiger partial charge on any atom is -0.480 e. The Bertz CT molecular complexity index is 237. The number of likely N-dealkylation sites (tertiary alicyclic amines) is 1. The van der Waals surface area contributed by atoms with Gasteiger partial charge in [-0.2, -0.15) is 0 Å². The van der Waals surface area contributed by atoms with Crippen LogP contribution < -0.4 is 0 Å². The number of carbonyl (C=O) groups excluding carboxylic acids is 1. The Balaban J connectivity index is 2.62. The minimum absolute atomic E-state index is 0.139. The van der Waals surface area contributed by atoms with Crippen molar-refractivity contribution >= 4 is 11.9 Å². The lowest BCUT2D eigenvalue weighted by molar-refractivity contribution is -0.147. The van der Waals surface area contributed by atoms with Gasteiger partial charge >= 0.3 is 5.97 Å². The molecule has 1 unspecified atom stereocenters. The molecule has 0 bridgehead atoms. The van der Waals surface area contributed by atoms with Crippen LogP contribution >= 0.6 is 0 Å². The highest BCUT2D eigenvalue weighted by Crippen LogP contribution is 2.18. The zero-order valence-corrected chi connectivity index (χ0v) is 7.40. The zero-order valence-electron chi connectivity index (χ0n) is 7.40. The van der Waals surface area contributed by atoms with Crippen LogP contribution in [0.1, 0.15) is 19.3 Å².